The molecule has 0 radical (unpaired) electrons. The molecule has 1 atom stereocenters. The number of carbonyl (C=O) groups is 1. The minimum absolute atomic E-state index is 0.0216. The summed E-state index contributed by atoms with van der Waals surface area (Å²) in [5.41, 5.74) is 1.34. The van der Waals surface area contributed by atoms with Gasteiger partial charge in [-0.3, -0.25) is 0 Å². The standard InChI is InChI=1S/C19H25N3O3S/c1-4-26(24,25)18-13-9-8-12-17(18)21-19(23)20-14-15(2)22(3)16-10-6-5-7-11-16/h5-13,15H,4,14H2,1-3H3,(H2,20,21,23)/t15-/m0/s1. The SMILES string of the molecule is CCS(=O)(=O)c1ccccc1NC(=O)NC[C@H](C)N(C)c1ccccc1. The summed E-state index contributed by atoms with van der Waals surface area (Å²) in [5, 5.41) is 5.43. The normalized spacial score (nSPS) is 12.3. The molecule has 0 aliphatic carbocycles. The van der Waals surface area contributed by atoms with E-state index in [0.29, 0.717) is 6.54 Å². The van der Waals surface area contributed by atoms with Crippen LogP contribution in [0.1, 0.15) is 13.8 Å². The summed E-state index contributed by atoms with van der Waals surface area (Å²) in [5.74, 6) is -0.0216. The first-order valence-electron chi connectivity index (χ1n) is 8.49. The van der Waals surface area contributed by atoms with Gasteiger partial charge in [-0.25, -0.2) is 13.2 Å². The number of nitrogens with zero attached hydrogens (tertiary/aromatic N) is 1. The molecule has 0 bridgehead atoms. The lowest BCUT2D eigenvalue weighted by Gasteiger charge is -2.27. The van der Waals surface area contributed by atoms with E-state index < -0.39 is 15.9 Å². The first-order valence-corrected chi connectivity index (χ1v) is 10.1. The molecule has 2 rings (SSSR count). The Hall–Kier alpha value is -2.54. The second kappa shape index (κ2) is 8.71. The summed E-state index contributed by atoms with van der Waals surface area (Å²) in [6.07, 6.45) is 0. The number of sulfone groups is 1. The number of benzene rings is 2. The van der Waals surface area contributed by atoms with Gasteiger partial charge in [0.2, 0.25) is 0 Å². The van der Waals surface area contributed by atoms with Gasteiger partial charge in [0.1, 0.15) is 0 Å². The molecule has 7 heteroatoms. The summed E-state index contributed by atoms with van der Waals surface area (Å²) in [6.45, 7) is 4.00. The molecule has 2 amide bonds. The van der Waals surface area contributed by atoms with Gasteiger partial charge in [0.25, 0.3) is 0 Å². The quantitative estimate of drug-likeness (QED) is 0.779. The van der Waals surface area contributed by atoms with Crippen molar-refractivity contribution in [3.8, 4) is 0 Å². The third-order valence-electron chi connectivity index (χ3n) is 4.23. The Morgan fingerprint density at radius 3 is 2.35 bits per heavy atom. The summed E-state index contributed by atoms with van der Waals surface area (Å²) in [4.78, 5) is 14.4. The fourth-order valence-corrected chi connectivity index (χ4v) is 3.51. The predicted molar refractivity (Wildman–Crippen MR) is 105 cm³/mol. The Balaban J connectivity index is 1.98. The average Bonchev–Trinajstić information content (AvgIpc) is 2.66. The lowest BCUT2D eigenvalue weighted by Crippen LogP contribution is -2.41. The highest BCUT2D eigenvalue weighted by atomic mass is 32.2. The first kappa shape index (κ1) is 19.8. The van der Waals surface area contributed by atoms with Gasteiger partial charge < -0.3 is 15.5 Å². The Morgan fingerprint density at radius 2 is 1.69 bits per heavy atom. The van der Waals surface area contributed by atoms with Crippen LogP contribution in [0.15, 0.2) is 59.5 Å². The van der Waals surface area contributed by atoms with E-state index in [4.69, 9.17) is 0 Å². The zero-order valence-electron chi connectivity index (χ0n) is 15.3. The lowest BCUT2D eigenvalue weighted by molar-refractivity contribution is 0.251. The number of hydrogen-bond donors (Lipinski definition) is 2. The zero-order valence-corrected chi connectivity index (χ0v) is 16.1. The maximum atomic E-state index is 12.2. The van der Waals surface area contributed by atoms with Crippen LogP contribution in [0.5, 0.6) is 0 Å². The first-order chi connectivity index (χ1) is 12.3. The van der Waals surface area contributed by atoms with E-state index in [9.17, 15) is 13.2 Å². The van der Waals surface area contributed by atoms with Gasteiger partial charge >= 0.3 is 6.03 Å². The van der Waals surface area contributed by atoms with Crippen LogP contribution in [-0.2, 0) is 9.84 Å². The van der Waals surface area contributed by atoms with Crippen LogP contribution in [0.2, 0.25) is 0 Å². The van der Waals surface area contributed by atoms with Gasteiger partial charge in [0, 0.05) is 25.3 Å². The molecule has 0 unspecified atom stereocenters. The molecule has 26 heavy (non-hydrogen) atoms. The summed E-state index contributed by atoms with van der Waals surface area (Å²) >= 11 is 0. The number of rotatable bonds is 7. The fraction of sp³-hybridized carbons (Fsp3) is 0.316. The van der Waals surface area contributed by atoms with Crippen LogP contribution < -0.4 is 15.5 Å². The van der Waals surface area contributed by atoms with Crippen molar-refractivity contribution >= 4 is 27.2 Å². The summed E-state index contributed by atoms with van der Waals surface area (Å²) in [7, 11) is -1.44. The van der Waals surface area contributed by atoms with Gasteiger partial charge in [-0.2, -0.15) is 0 Å². The number of likely N-dealkylation sites (N-methyl/N-ethyl adjacent to an activating group) is 1. The predicted octanol–water partition coefficient (Wildman–Crippen LogP) is 3.13. The van der Waals surface area contributed by atoms with Crippen molar-refractivity contribution in [3.63, 3.8) is 0 Å². The molecule has 0 saturated carbocycles. The van der Waals surface area contributed by atoms with Gasteiger partial charge in [-0.15, -0.1) is 0 Å². The molecule has 0 spiro atoms. The Bertz CT molecular complexity index is 838. The second-order valence-electron chi connectivity index (χ2n) is 6.03. The topological polar surface area (TPSA) is 78.5 Å². The maximum absolute atomic E-state index is 12.2. The van der Waals surface area contributed by atoms with Crippen molar-refractivity contribution in [3.05, 3.63) is 54.6 Å². The van der Waals surface area contributed by atoms with E-state index in [-0.39, 0.29) is 22.4 Å². The van der Waals surface area contributed by atoms with E-state index >= 15 is 0 Å². The molecule has 140 valence electrons. The van der Waals surface area contributed by atoms with Crippen molar-refractivity contribution in [1.29, 1.82) is 0 Å². The van der Waals surface area contributed by atoms with Gasteiger partial charge in [0.15, 0.2) is 9.84 Å². The highest BCUT2D eigenvalue weighted by Gasteiger charge is 2.18. The molecule has 2 aromatic rings. The molecule has 0 fully saturated rings. The molecular weight excluding hydrogens is 350 g/mol. The molecular formula is C19H25N3O3S. The Kier molecular flexibility index (Phi) is 6.63. The number of hydrogen-bond acceptors (Lipinski definition) is 4. The van der Waals surface area contributed by atoms with E-state index in [1.165, 1.54) is 6.07 Å². The second-order valence-corrected chi connectivity index (χ2v) is 8.28. The van der Waals surface area contributed by atoms with Crippen molar-refractivity contribution < 1.29 is 13.2 Å². The lowest BCUT2D eigenvalue weighted by atomic mass is 10.2. The van der Waals surface area contributed by atoms with E-state index in [2.05, 4.69) is 15.5 Å². The van der Waals surface area contributed by atoms with E-state index in [1.807, 2.05) is 44.3 Å². The highest BCUT2D eigenvalue weighted by molar-refractivity contribution is 7.91. The molecule has 2 aromatic carbocycles. The fourth-order valence-electron chi connectivity index (χ4n) is 2.46. The Labute approximate surface area is 155 Å². The molecule has 6 nitrogen and oxygen atoms in total. The van der Waals surface area contributed by atoms with Crippen molar-refractivity contribution in [2.45, 2.75) is 24.8 Å². The van der Waals surface area contributed by atoms with Gasteiger partial charge in [0.05, 0.1) is 16.3 Å². The third-order valence-corrected chi connectivity index (χ3v) is 6.02. The largest absolute Gasteiger partial charge is 0.370 e. The summed E-state index contributed by atoms with van der Waals surface area (Å²) in [6, 6.07) is 15.9. The smallest absolute Gasteiger partial charge is 0.319 e. The highest BCUT2D eigenvalue weighted by Crippen LogP contribution is 2.21. The van der Waals surface area contributed by atoms with Crippen molar-refractivity contribution in [1.82, 2.24) is 5.32 Å². The van der Waals surface area contributed by atoms with Crippen LogP contribution in [0.25, 0.3) is 0 Å². The molecule has 0 saturated heterocycles. The summed E-state index contributed by atoms with van der Waals surface area (Å²) < 4.78 is 24.3. The molecule has 0 aliphatic heterocycles. The van der Waals surface area contributed by atoms with Crippen molar-refractivity contribution in [2.75, 3.05) is 29.6 Å². The average molecular weight is 375 g/mol. The third kappa shape index (κ3) is 4.98. The number of anilines is 2. The van der Waals surface area contributed by atoms with Crippen LogP contribution in [0, 0.1) is 0 Å². The minimum Gasteiger partial charge on any atom is -0.370 e. The van der Waals surface area contributed by atoms with Crippen LogP contribution in [-0.4, -0.2) is 39.8 Å². The number of urea groups is 1. The monoisotopic (exact) mass is 375 g/mol. The Morgan fingerprint density at radius 1 is 1.08 bits per heavy atom. The molecule has 2 N–H and O–H groups in total. The zero-order chi connectivity index (χ0) is 19.2. The van der Waals surface area contributed by atoms with E-state index in [0.717, 1.165) is 5.69 Å². The number of nitrogens with one attached hydrogen (secondary N) is 2. The van der Waals surface area contributed by atoms with E-state index in [1.54, 1.807) is 25.1 Å². The van der Waals surface area contributed by atoms with Crippen molar-refractivity contribution in [2.24, 2.45) is 0 Å². The molecule has 0 aliphatic rings. The van der Waals surface area contributed by atoms with Crippen LogP contribution in [0.4, 0.5) is 16.2 Å². The molecule has 0 aromatic heterocycles. The van der Waals surface area contributed by atoms with Gasteiger partial charge in [-0.1, -0.05) is 37.3 Å². The maximum Gasteiger partial charge on any atom is 0.319 e. The minimum atomic E-state index is -3.41. The number of para-hydroxylation sites is 2. The number of amides is 2. The number of carbonyl (C=O) groups excluding carboxylic acids is 1. The van der Waals surface area contributed by atoms with Crippen LogP contribution in [0.3, 0.4) is 0 Å². The molecule has 0 heterocycles. The van der Waals surface area contributed by atoms with Crippen LogP contribution >= 0.6 is 0 Å². The van der Waals surface area contributed by atoms with Gasteiger partial charge in [-0.05, 0) is 31.2 Å².